The van der Waals surface area contributed by atoms with E-state index in [0.29, 0.717) is 17.0 Å². The summed E-state index contributed by atoms with van der Waals surface area (Å²) in [5, 5.41) is 21.1. The molecule has 0 saturated heterocycles. The molecule has 3 rings (SSSR count). The largest absolute Gasteiger partial charge is 0.383 e. The van der Waals surface area contributed by atoms with Crippen molar-refractivity contribution in [1.29, 1.82) is 5.26 Å². The SMILES string of the molecule is CC(C)(C)C1CCc2nc(N)c(C#N)c(-c3ccc(Cl)c([N+](=O)[O-])c3)c2C1. The molecule has 1 atom stereocenters. The number of aryl methyl sites for hydroxylation is 1. The van der Waals surface area contributed by atoms with Gasteiger partial charge in [0.25, 0.3) is 5.69 Å². The first-order chi connectivity index (χ1) is 12.6. The molecule has 2 aromatic rings. The van der Waals surface area contributed by atoms with Crippen molar-refractivity contribution in [1.82, 2.24) is 4.98 Å². The second-order valence-electron chi connectivity index (χ2n) is 8.01. The second-order valence-corrected chi connectivity index (χ2v) is 8.42. The van der Waals surface area contributed by atoms with Gasteiger partial charge in [0.2, 0.25) is 0 Å². The van der Waals surface area contributed by atoms with E-state index >= 15 is 0 Å². The molecule has 2 N–H and O–H groups in total. The van der Waals surface area contributed by atoms with Crippen molar-refractivity contribution in [2.45, 2.75) is 40.0 Å². The van der Waals surface area contributed by atoms with Crippen LogP contribution in [0.15, 0.2) is 18.2 Å². The van der Waals surface area contributed by atoms with Crippen molar-refractivity contribution in [2.24, 2.45) is 11.3 Å². The van der Waals surface area contributed by atoms with Crippen LogP contribution in [0.1, 0.15) is 44.0 Å². The summed E-state index contributed by atoms with van der Waals surface area (Å²) in [6.45, 7) is 6.60. The van der Waals surface area contributed by atoms with Gasteiger partial charge < -0.3 is 5.73 Å². The first kappa shape index (κ1) is 19.1. The molecule has 1 heterocycles. The number of anilines is 1. The molecule has 1 aromatic carbocycles. The Morgan fingerprint density at radius 3 is 2.70 bits per heavy atom. The molecule has 1 unspecified atom stereocenters. The topological polar surface area (TPSA) is 106 Å². The fourth-order valence-corrected chi connectivity index (χ4v) is 3.94. The van der Waals surface area contributed by atoms with Gasteiger partial charge in [0.05, 0.1) is 4.92 Å². The summed E-state index contributed by atoms with van der Waals surface area (Å²) in [7, 11) is 0. The molecule has 0 saturated carbocycles. The van der Waals surface area contributed by atoms with Crippen LogP contribution in [0.3, 0.4) is 0 Å². The molecular weight excluding hydrogens is 364 g/mol. The number of pyridine rings is 1. The lowest BCUT2D eigenvalue weighted by Crippen LogP contribution is -2.28. The van der Waals surface area contributed by atoms with Crippen LogP contribution >= 0.6 is 11.6 Å². The van der Waals surface area contributed by atoms with Crippen LogP contribution in [-0.2, 0) is 12.8 Å². The highest BCUT2D eigenvalue weighted by molar-refractivity contribution is 6.32. The van der Waals surface area contributed by atoms with E-state index in [0.717, 1.165) is 30.5 Å². The molecule has 0 amide bonds. The second kappa shape index (κ2) is 6.82. The summed E-state index contributed by atoms with van der Waals surface area (Å²) in [6, 6.07) is 6.74. The number of rotatable bonds is 2. The third kappa shape index (κ3) is 3.47. The maximum Gasteiger partial charge on any atom is 0.288 e. The molecule has 6 nitrogen and oxygen atoms in total. The fraction of sp³-hybridized carbons (Fsp3) is 0.400. The Kier molecular flexibility index (Phi) is 4.83. The van der Waals surface area contributed by atoms with Crippen molar-refractivity contribution < 1.29 is 4.92 Å². The third-order valence-corrected chi connectivity index (χ3v) is 5.68. The van der Waals surface area contributed by atoms with E-state index in [1.807, 2.05) is 0 Å². The van der Waals surface area contributed by atoms with Gasteiger partial charge in [-0.05, 0) is 47.8 Å². The maximum absolute atomic E-state index is 11.3. The quantitative estimate of drug-likeness (QED) is 0.584. The monoisotopic (exact) mass is 384 g/mol. The van der Waals surface area contributed by atoms with Crippen LogP contribution in [0.5, 0.6) is 0 Å². The van der Waals surface area contributed by atoms with Gasteiger partial charge in [-0.2, -0.15) is 5.26 Å². The Balaban J connectivity index is 2.27. The Morgan fingerprint density at radius 2 is 2.11 bits per heavy atom. The zero-order valence-corrected chi connectivity index (χ0v) is 16.3. The van der Waals surface area contributed by atoms with Crippen molar-refractivity contribution in [2.75, 3.05) is 5.73 Å². The minimum absolute atomic E-state index is 0.0609. The summed E-state index contributed by atoms with van der Waals surface area (Å²) in [5.74, 6) is 0.584. The van der Waals surface area contributed by atoms with Gasteiger partial charge >= 0.3 is 0 Å². The molecular formula is C20H21ClN4O2. The number of hydrogen-bond donors (Lipinski definition) is 1. The van der Waals surface area contributed by atoms with Crippen LogP contribution in [0.4, 0.5) is 11.5 Å². The standard InChI is InChI=1S/C20H21ClN4O2/c1-20(2,3)12-5-7-16-13(9-12)18(14(10-22)19(23)24-16)11-4-6-15(21)17(8-11)25(26)27/h4,6,8,12H,5,7,9H2,1-3H3,(H2,23,24). The molecule has 7 heteroatoms. The number of nitriles is 1. The van der Waals surface area contributed by atoms with Crippen molar-refractivity contribution in [3.63, 3.8) is 0 Å². The summed E-state index contributed by atoms with van der Waals surface area (Å²) in [6.07, 6.45) is 2.53. The number of nitro groups is 1. The number of fused-ring (bicyclic) bond motifs is 1. The molecule has 1 aromatic heterocycles. The number of hydrogen-bond acceptors (Lipinski definition) is 5. The van der Waals surface area contributed by atoms with Crippen LogP contribution < -0.4 is 5.73 Å². The average Bonchev–Trinajstić information content (AvgIpc) is 2.59. The van der Waals surface area contributed by atoms with Gasteiger partial charge in [0.15, 0.2) is 0 Å². The normalized spacial score (nSPS) is 16.5. The molecule has 27 heavy (non-hydrogen) atoms. The summed E-state index contributed by atoms with van der Waals surface area (Å²) >= 11 is 5.97. The number of aromatic nitrogens is 1. The molecule has 0 aliphatic heterocycles. The van der Waals surface area contributed by atoms with Crippen LogP contribution in [0.25, 0.3) is 11.1 Å². The van der Waals surface area contributed by atoms with E-state index in [1.165, 1.54) is 12.1 Å². The molecule has 1 aliphatic rings. The number of halogens is 1. The first-order valence-corrected chi connectivity index (χ1v) is 9.17. The zero-order chi connectivity index (χ0) is 19.9. The Bertz CT molecular complexity index is 973. The van der Waals surface area contributed by atoms with Gasteiger partial charge in [-0.25, -0.2) is 4.98 Å². The smallest absolute Gasteiger partial charge is 0.288 e. The summed E-state index contributed by atoms with van der Waals surface area (Å²) < 4.78 is 0. The van der Waals surface area contributed by atoms with Crippen LogP contribution in [0, 0.1) is 32.8 Å². The van der Waals surface area contributed by atoms with Gasteiger partial charge in [-0.15, -0.1) is 0 Å². The molecule has 140 valence electrons. The Morgan fingerprint density at radius 1 is 1.41 bits per heavy atom. The maximum atomic E-state index is 11.3. The van der Waals surface area contributed by atoms with E-state index < -0.39 is 4.92 Å². The van der Waals surface area contributed by atoms with Crippen molar-refractivity contribution in [3.05, 3.63) is 50.2 Å². The molecule has 0 spiro atoms. The van der Waals surface area contributed by atoms with Gasteiger partial charge in [-0.1, -0.05) is 38.4 Å². The molecule has 0 bridgehead atoms. The first-order valence-electron chi connectivity index (χ1n) is 8.79. The minimum atomic E-state index is -0.521. The fourth-order valence-electron chi connectivity index (χ4n) is 3.76. The lowest BCUT2D eigenvalue weighted by Gasteiger charge is -2.35. The molecule has 0 radical (unpaired) electrons. The van der Waals surface area contributed by atoms with Crippen LogP contribution in [0.2, 0.25) is 5.02 Å². The number of nitro benzene ring substituents is 1. The number of nitrogen functional groups attached to an aromatic ring is 1. The minimum Gasteiger partial charge on any atom is -0.383 e. The van der Waals surface area contributed by atoms with E-state index in [9.17, 15) is 15.4 Å². The van der Waals surface area contributed by atoms with Gasteiger partial charge in [-0.3, -0.25) is 10.1 Å². The summed E-state index contributed by atoms with van der Waals surface area (Å²) in [5.41, 5.74) is 9.28. The van der Waals surface area contributed by atoms with E-state index in [1.54, 1.807) is 6.07 Å². The Hall–Kier alpha value is -2.65. The van der Waals surface area contributed by atoms with E-state index in [4.69, 9.17) is 17.3 Å². The number of nitrogens with zero attached hydrogens (tertiary/aromatic N) is 3. The predicted octanol–water partition coefficient (Wildman–Crippen LogP) is 4.92. The van der Waals surface area contributed by atoms with Gasteiger partial charge in [0.1, 0.15) is 22.5 Å². The van der Waals surface area contributed by atoms with E-state index in [2.05, 4.69) is 31.8 Å². The number of benzene rings is 1. The average molecular weight is 385 g/mol. The lowest BCUT2D eigenvalue weighted by molar-refractivity contribution is -0.384. The van der Waals surface area contributed by atoms with E-state index in [-0.39, 0.29) is 27.5 Å². The lowest BCUT2D eigenvalue weighted by atomic mass is 9.70. The highest BCUT2D eigenvalue weighted by Crippen LogP contribution is 2.43. The van der Waals surface area contributed by atoms with Gasteiger partial charge in [0, 0.05) is 17.3 Å². The molecule has 0 fully saturated rings. The van der Waals surface area contributed by atoms with Crippen molar-refractivity contribution in [3.8, 4) is 17.2 Å². The Labute approximate surface area is 163 Å². The highest BCUT2D eigenvalue weighted by atomic mass is 35.5. The predicted molar refractivity (Wildman–Crippen MR) is 105 cm³/mol. The summed E-state index contributed by atoms with van der Waals surface area (Å²) in [4.78, 5) is 15.3. The third-order valence-electron chi connectivity index (χ3n) is 5.36. The zero-order valence-electron chi connectivity index (χ0n) is 15.5. The number of nitrogens with two attached hydrogens (primary N) is 1. The van der Waals surface area contributed by atoms with Crippen LogP contribution in [-0.4, -0.2) is 9.91 Å². The highest BCUT2D eigenvalue weighted by Gasteiger charge is 2.32. The molecule has 1 aliphatic carbocycles. The van der Waals surface area contributed by atoms with Crippen molar-refractivity contribution >= 4 is 23.1 Å².